The summed E-state index contributed by atoms with van der Waals surface area (Å²) in [4.78, 5) is 14.3. The van der Waals surface area contributed by atoms with Crippen LogP contribution in [0.25, 0.3) is 11.1 Å². The predicted octanol–water partition coefficient (Wildman–Crippen LogP) is 6.70. The first-order valence-electron chi connectivity index (χ1n) is 11.8. The van der Waals surface area contributed by atoms with Crippen LogP contribution in [0.2, 0.25) is 0 Å². The van der Waals surface area contributed by atoms with E-state index in [-0.39, 0.29) is 6.09 Å². The first kappa shape index (κ1) is 22.5. The summed E-state index contributed by atoms with van der Waals surface area (Å²) >= 11 is 0. The molecule has 2 aromatic rings. The number of nitrogens with zero attached hydrogens (tertiary/aromatic N) is 5. The van der Waals surface area contributed by atoms with E-state index in [2.05, 4.69) is 44.9 Å². The Morgan fingerprint density at radius 1 is 1.00 bits per heavy atom. The molecule has 8 nitrogen and oxygen atoms in total. The molecule has 178 valence electrons. The van der Waals surface area contributed by atoms with Crippen LogP contribution in [0.1, 0.15) is 63.2 Å². The lowest BCUT2D eigenvalue weighted by atomic mass is 9.88. The Balaban J connectivity index is 1.24. The number of hydrogen-bond acceptors (Lipinski definition) is 7. The van der Waals surface area contributed by atoms with E-state index in [1.165, 1.54) is 12.0 Å². The molecule has 0 N–H and O–H groups in total. The number of carbonyl (C=O) groups excluding carboxylic acids is 1. The molecule has 8 heteroatoms. The molecule has 0 aromatic heterocycles. The molecule has 2 aliphatic heterocycles. The van der Waals surface area contributed by atoms with Crippen molar-refractivity contribution in [3.63, 3.8) is 0 Å². The van der Waals surface area contributed by atoms with E-state index in [0.717, 1.165) is 48.4 Å². The molecule has 1 saturated heterocycles. The lowest BCUT2D eigenvalue weighted by molar-refractivity contribution is 0.0170. The van der Waals surface area contributed by atoms with Gasteiger partial charge in [0.05, 0.1) is 7.11 Å². The highest BCUT2D eigenvalue weighted by Crippen LogP contribution is 2.65. The van der Waals surface area contributed by atoms with Gasteiger partial charge in [0.25, 0.3) is 0 Å². The number of likely N-dealkylation sites (tertiary alicyclic amines) is 1. The third-order valence-corrected chi connectivity index (χ3v) is 7.11. The maximum atomic E-state index is 12.4. The maximum Gasteiger partial charge on any atom is 0.410 e. The molecule has 2 aromatic carbocycles. The van der Waals surface area contributed by atoms with Crippen molar-refractivity contribution in [1.82, 2.24) is 4.90 Å². The SMILES string of the molecule is COc1cc(C2N=NN=N2)ccc1-c1ccc(C2CC23CCN(C(=O)OC(C)(C)C)CC3)cc1. The molecular formula is C26H31N5O3. The van der Waals surface area contributed by atoms with E-state index in [1.807, 2.05) is 43.9 Å². The van der Waals surface area contributed by atoms with Crippen molar-refractivity contribution in [3.05, 3.63) is 53.6 Å². The Morgan fingerprint density at radius 3 is 2.26 bits per heavy atom. The largest absolute Gasteiger partial charge is 0.496 e. The summed E-state index contributed by atoms with van der Waals surface area (Å²) in [7, 11) is 1.67. The third-order valence-electron chi connectivity index (χ3n) is 7.11. The molecular weight excluding hydrogens is 430 g/mol. The number of amides is 1. The van der Waals surface area contributed by atoms with E-state index < -0.39 is 11.8 Å². The van der Waals surface area contributed by atoms with Gasteiger partial charge < -0.3 is 14.4 Å². The number of methoxy groups -OCH3 is 1. The van der Waals surface area contributed by atoms with Crippen molar-refractivity contribution in [2.45, 2.75) is 57.7 Å². The van der Waals surface area contributed by atoms with Gasteiger partial charge >= 0.3 is 6.09 Å². The van der Waals surface area contributed by atoms with Crippen LogP contribution in [-0.4, -0.2) is 36.8 Å². The highest BCUT2D eigenvalue weighted by molar-refractivity contribution is 5.71. The van der Waals surface area contributed by atoms with Crippen molar-refractivity contribution in [2.75, 3.05) is 20.2 Å². The number of rotatable bonds is 4. The first-order chi connectivity index (χ1) is 16.3. The fraction of sp³-hybridized carbons (Fsp3) is 0.500. The summed E-state index contributed by atoms with van der Waals surface area (Å²) in [6.07, 6.45) is 2.67. The Bertz CT molecular complexity index is 1120. The van der Waals surface area contributed by atoms with Crippen LogP contribution in [-0.2, 0) is 4.74 Å². The highest BCUT2D eigenvalue weighted by atomic mass is 16.6. The van der Waals surface area contributed by atoms with Gasteiger partial charge in [-0.05, 0) is 79.0 Å². The lowest BCUT2D eigenvalue weighted by Gasteiger charge is -2.34. The Hall–Kier alpha value is -3.29. The van der Waals surface area contributed by atoms with Crippen LogP contribution >= 0.6 is 0 Å². The second-order valence-corrected chi connectivity index (χ2v) is 10.5. The summed E-state index contributed by atoms with van der Waals surface area (Å²) in [6, 6.07) is 14.8. The van der Waals surface area contributed by atoms with Crippen LogP contribution < -0.4 is 4.74 Å². The minimum Gasteiger partial charge on any atom is -0.496 e. The Labute approximate surface area is 200 Å². The molecule has 1 aliphatic carbocycles. The quantitative estimate of drug-likeness (QED) is 0.507. The summed E-state index contributed by atoms with van der Waals surface area (Å²) < 4.78 is 11.2. The summed E-state index contributed by atoms with van der Waals surface area (Å²) in [5, 5.41) is 15.2. The number of hydrogen-bond donors (Lipinski definition) is 0. The molecule has 3 aliphatic rings. The van der Waals surface area contributed by atoms with E-state index >= 15 is 0 Å². The molecule has 5 rings (SSSR count). The molecule has 1 unspecified atom stereocenters. The summed E-state index contributed by atoms with van der Waals surface area (Å²) in [5.74, 6) is 1.34. The fourth-order valence-corrected chi connectivity index (χ4v) is 5.14. The minimum atomic E-state index is -0.453. The second-order valence-electron chi connectivity index (χ2n) is 10.5. The van der Waals surface area contributed by atoms with Crippen LogP contribution in [0.3, 0.4) is 0 Å². The normalized spacial score (nSPS) is 21.2. The number of ether oxygens (including phenoxy) is 2. The molecule has 2 fully saturated rings. The summed E-state index contributed by atoms with van der Waals surface area (Å²) in [6.45, 7) is 7.28. The van der Waals surface area contributed by atoms with Crippen LogP contribution in [0.15, 0.2) is 63.1 Å². The van der Waals surface area contributed by atoms with Gasteiger partial charge in [-0.1, -0.05) is 36.4 Å². The Morgan fingerprint density at radius 2 is 1.65 bits per heavy atom. The minimum absolute atomic E-state index is 0.192. The molecule has 1 atom stereocenters. The second kappa shape index (κ2) is 8.49. The van der Waals surface area contributed by atoms with Gasteiger partial charge in [0.2, 0.25) is 6.17 Å². The number of carbonyl (C=O) groups is 1. The van der Waals surface area contributed by atoms with Crippen molar-refractivity contribution in [1.29, 1.82) is 0 Å². The van der Waals surface area contributed by atoms with Crippen molar-refractivity contribution in [3.8, 4) is 16.9 Å². The zero-order valence-electron chi connectivity index (χ0n) is 20.2. The smallest absolute Gasteiger partial charge is 0.410 e. The van der Waals surface area contributed by atoms with Gasteiger partial charge in [-0.3, -0.25) is 0 Å². The first-order valence-corrected chi connectivity index (χ1v) is 11.8. The predicted molar refractivity (Wildman–Crippen MR) is 128 cm³/mol. The van der Waals surface area contributed by atoms with Crippen LogP contribution in [0.4, 0.5) is 4.79 Å². The van der Waals surface area contributed by atoms with Crippen LogP contribution in [0.5, 0.6) is 5.75 Å². The van der Waals surface area contributed by atoms with Gasteiger partial charge in [-0.15, -0.1) is 10.2 Å². The van der Waals surface area contributed by atoms with E-state index in [1.54, 1.807) is 7.11 Å². The monoisotopic (exact) mass is 461 g/mol. The molecule has 1 saturated carbocycles. The zero-order valence-corrected chi connectivity index (χ0v) is 20.2. The molecule has 1 amide bonds. The Kier molecular flexibility index (Phi) is 5.62. The van der Waals surface area contributed by atoms with E-state index in [9.17, 15) is 4.79 Å². The van der Waals surface area contributed by atoms with E-state index in [0.29, 0.717) is 11.3 Å². The van der Waals surface area contributed by atoms with Gasteiger partial charge in [-0.2, -0.15) is 0 Å². The van der Waals surface area contributed by atoms with E-state index in [4.69, 9.17) is 9.47 Å². The van der Waals surface area contributed by atoms with Crippen molar-refractivity contribution >= 4 is 6.09 Å². The van der Waals surface area contributed by atoms with Gasteiger partial charge in [0.1, 0.15) is 11.4 Å². The van der Waals surface area contributed by atoms with Crippen molar-refractivity contribution in [2.24, 2.45) is 26.1 Å². The maximum absolute atomic E-state index is 12.4. The molecule has 0 bridgehead atoms. The number of benzene rings is 2. The van der Waals surface area contributed by atoms with Crippen molar-refractivity contribution < 1.29 is 14.3 Å². The van der Waals surface area contributed by atoms with Crippen LogP contribution in [0, 0.1) is 5.41 Å². The number of piperidine rings is 1. The highest BCUT2D eigenvalue weighted by Gasteiger charge is 2.55. The standard InChI is InChI=1S/C26H31N5O3/c1-25(2,3)34-24(32)31-13-11-26(12-14-31)16-21(26)18-7-5-17(6-8-18)20-10-9-19(15-22(20)33-4)23-27-29-30-28-23/h5-10,15,21,23H,11-14,16H2,1-4H3. The van der Waals surface area contributed by atoms with Gasteiger partial charge in [0, 0.05) is 24.2 Å². The average Bonchev–Trinajstić information content (AvgIpc) is 3.24. The summed E-state index contributed by atoms with van der Waals surface area (Å²) in [5.41, 5.74) is 4.28. The lowest BCUT2D eigenvalue weighted by Crippen LogP contribution is -2.42. The molecule has 2 heterocycles. The topological polar surface area (TPSA) is 88.2 Å². The van der Waals surface area contributed by atoms with Gasteiger partial charge in [0.15, 0.2) is 0 Å². The third kappa shape index (κ3) is 4.41. The van der Waals surface area contributed by atoms with Gasteiger partial charge in [-0.25, -0.2) is 4.79 Å². The molecule has 34 heavy (non-hydrogen) atoms. The fourth-order valence-electron chi connectivity index (χ4n) is 5.14. The average molecular weight is 462 g/mol. The molecule has 0 radical (unpaired) electrons. The molecule has 1 spiro atoms. The zero-order chi connectivity index (χ0) is 23.9.